The van der Waals surface area contributed by atoms with Crippen molar-refractivity contribution >= 4 is 23.5 Å². The van der Waals surface area contributed by atoms with E-state index >= 15 is 0 Å². The number of nitrogens with zero attached hydrogens (tertiary/aromatic N) is 1. The van der Waals surface area contributed by atoms with Gasteiger partial charge in [0.1, 0.15) is 5.78 Å². The lowest BCUT2D eigenvalue weighted by Crippen LogP contribution is -2.23. The molecule has 4 N–H and O–H groups in total. The summed E-state index contributed by atoms with van der Waals surface area (Å²) in [5.74, 6) is 0.854. The van der Waals surface area contributed by atoms with Crippen LogP contribution in [-0.2, 0) is 4.79 Å². The second-order valence-corrected chi connectivity index (χ2v) is 5.54. The third kappa shape index (κ3) is 4.26. The molecule has 0 aromatic heterocycles. The molecule has 90 valence electrons. The van der Waals surface area contributed by atoms with E-state index in [0.717, 1.165) is 17.9 Å². The van der Waals surface area contributed by atoms with Gasteiger partial charge in [-0.25, -0.2) is 4.99 Å². The molecule has 5 heteroatoms. The molecule has 0 bridgehead atoms. The van der Waals surface area contributed by atoms with Crippen molar-refractivity contribution in [1.29, 1.82) is 0 Å². The molecular weight excluding hydrogens is 222 g/mol. The Morgan fingerprint density at radius 3 is 2.88 bits per heavy atom. The first-order valence-corrected chi connectivity index (χ1v) is 6.36. The molecule has 0 saturated heterocycles. The van der Waals surface area contributed by atoms with Crippen LogP contribution in [0.4, 0.5) is 0 Å². The van der Waals surface area contributed by atoms with Crippen LogP contribution in [0, 0.1) is 5.92 Å². The molecular formula is C11H19N3OS. The molecule has 4 nitrogen and oxygen atoms in total. The van der Waals surface area contributed by atoms with Crippen molar-refractivity contribution in [2.75, 3.05) is 0 Å². The Bertz CT molecular complexity index is 319. The van der Waals surface area contributed by atoms with Crippen LogP contribution < -0.4 is 11.5 Å². The smallest absolute Gasteiger partial charge is 0.191 e. The molecule has 0 aromatic rings. The number of hydrogen-bond donors (Lipinski definition) is 2. The SMILES string of the molecule is CC(C)CC1SC(N=C(N)N)=CCCC1=O. The van der Waals surface area contributed by atoms with Crippen LogP contribution in [0.1, 0.15) is 33.1 Å². The zero-order valence-corrected chi connectivity index (χ0v) is 10.6. The molecule has 0 amide bonds. The van der Waals surface area contributed by atoms with Gasteiger partial charge in [0.2, 0.25) is 0 Å². The molecule has 0 radical (unpaired) electrons. The van der Waals surface area contributed by atoms with Crippen LogP contribution in [0.3, 0.4) is 0 Å². The lowest BCUT2D eigenvalue weighted by Gasteiger charge is -2.15. The zero-order valence-electron chi connectivity index (χ0n) is 9.77. The summed E-state index contributed by atoms with van der Waals surface area (Å²) >= 11 is 1.48. The normalized spacial score (nSPS) is 21.6. The highest BCUT2D eigenvalue weighted by Gasteiger charge is 2.23. The summed E-state index contributed by atoms with van der Waals surface area (Å²) in [6, 6.07) is 0. The van der Waals surface area contributed by atoms with Gasteiger partial charge in [-0.2, -0.15) is 0 Å². The molecule has 1 heterocycles. The molecule has 0 saturated carbocycles. The van der Waals surface area contributed by atoms with Crippen molar-refractivity contribution in [2.45, 2.75) is 38.4 Å². The first-order valence-electron chi connectivity index (χ1n) is 5.48. The summed E-state index contributed by atoms with van der Waals surface area (Å²) in [6.07, 6.45) is 4.13. The Labute approximate surface area is 101 Å². The van der Waals surface area contributed by atoms with Crippen LogP contribution >= 0.6 is 11.8 Å². The van der Waals surface area contributed by atoms with E-state index in [-0.39, 0.29) is 11.2 Å². The van der Waals surface area contributed by atoms with Crippen molar-refractivity contribution in [3.05, 3.63) is 11.1 Å². The van der Waals surface area contributed by atoms with E-state index in [9.17, 15) is 4.79 Å². The number of hydrogen-bond acceptors (Lipinski definition) is 3. The molecule has 0 aromatic carbocycles. The summed E-state index contributed by atoms with van der Waals surface area (Å²) in [5, 5.41) is 0.772. The van der Waals surface area contributed by atoms with E-state index in [4.69, 9.17) is 11.5 Å². The predicted octanol–water partition coefficient (Wildman–Crippen LogP) is 1.61. The van der Waals surface area contributed by atoms with E-state index in [1.54, 1.807) is 0 Å². The van der Waals surface area contributed by atoms with E-state index in [0.29, 0.717) is 18.1 Å². The minimum absolute atomic E-state index is 0.00292. The van der Waals surface area contributed by atoms with Gasteiger partial charge >= 0.3 is 0 Å². The van der Waals surface area contributed by atoms with Crippen LogP contribution in [0.5, 0.6) is 0 Å². The van der Waals surface area contributed by atoms with Gasteiger partial charge in [-0.15, -0.1) is 0 Å². The molecule has 0 aliphatic carbocycles. The molecule has 1 atom stereocenters. The predicted molar refractivity (Wildman–Crippen MR) is 69.0 cm³/mol. The third-order valence-electron chi connectivity index (χ3n) is 2.26. The number of carbonyl (C=O) groups excluding carboxylic acids is 1. The highest BCUT2D eigenvalue weighted by atomic mass is 32.2. The van der Waals surface area contributed by atoms with Crippen LogP contribution in [0.2, 0.25) is 0 Å². The van der Waals surface area contributed by atoms with E-state index in [1.165, 1.54) is 11.8 Å². The largest absolute Gasteiger partial charge is 0.370 e. The Hall–Kier alpha value is -0.970. The Morgan fingerprint density at radius 1 is 1.62 bits per heavy atom. The number of Topliss-reactive ketones (excluding diaryl/α,β-unsaturated/α-hetero) is 1. The fraction of sp³-hybridized carbons (Fsp3) is 0.636. The molecule has 16 heavy (non-hydrogen) atoms. The lowest BCUT2D eigenvalue weighted by atomic mass is 10.0. The number of carbonyl (C=O) groups is 1. The standard InChI is InChI=1S/C11H19N3OS/c1-7(2)6-9-8(15)4-3-5-10(16-9)14-11(12)13/h5,7,9H,3-4,6H2,1-2H3,(H4,12,13,14). The minimum atomic E-state index is -0.00292. The van der Waals surface area contributed by atoms with Crippen molar-refractivity contribution in [1.82, 2.24) is 0 Å². The van der Waals surface area contributed by atoms with Crippen LogP contribution in [0.15, 0.2) is 16.1 Å². The monoisotopic (exact) mass is 241 g/mol. The average molecular weight is 241 g/mol. The van der Waals surface area contributed by atoms with Crippen LogP contribution in [-0.4, -0.2) is 17.0 Å². The number of nitrogens with two attached hydrogens (primary N) is 2. The van der Waals surface area contributed by atoms with Crippen LogP contribution in [0.25, 0.3) is 0 Å². The first kappa shape index (κ1) is 13.1. The Kier molecular flexibility index (Phi) is 4.86. The highest BCUT2D eigenvalue weighted by Crippen LogP contribution is 2.32. The topological polar surface area (TPSA) is 81.5 Å². The van der Waals surface area contributed by atoms with Crippen molar-refractivity contribution in [3.63, 3.8) is 0 Å². The maximum Gasteiger partial charge on any atom is 0.191 e. The van der Waals surface area contributed by atoms with Gasteiger partial charge in [-0.05, 0) is 18.8 Å². The van der Waals surface area contributed by atoms with E-state index < -0.39 is 0 Å². The van der Waals surface area contributed by atoms with Crippen molar-refractivity contribution in [2.24, 2.45) is 22.4 Å². The summed E-state index contributed by atoms with van der Waals surface area (Å²) in [6.45, 7) is 4.23. The van der Waals surface area contributed by atoms with Crippen molar-refractivity contribution in [3.8, 4) is 0 Å². The summed E-state index contributed by atoms with van der Waals surface area (Å²) in [4.78, 5) is 15.8. The first-order chi connectivity index (χ1) is 7.49. The number of ketones is 1. The van der Waals surface area contributed by atoms with Gasteiger partial charge in [-0.3, -0.25) is 4.79 Å². The zero-order chi connectivity index (χ0) is 12.1. The van der Waals surface area contributed by atoms with Gasteiger partial charge in [0, 0.05) is 6.42 Å². The number of thioether (sulfide) groups is 1. The van der Waals surface area contributed by atoms with Crippen molar-refractivity contribution < 1.29 is 4.79 Å². The maximum atomic E-state index is 11.8. The fourth-order valence-electron chi connectivity index (χ4n) is 1.57. The van der Waals surface area contributed by atoms with Gasteiger partial charge in [0.05, 0.1) is 10.3 Å². The summed E-state index contributed by atoms with van der Waals surface area (Å²) in [5.41, 5.74) is 10.7. The number of guanidine groups is 1. The molecule has 1 rings (SSSR count). The fourth-order valence-corrected chi connectivity index (χ4v) is 2.96. The average Bonchev–Trinajstić information content (AvgIpc) is 2.28. The summed E-state index contributed by atoms with van der Waals surface area (Å²) < 4.78 is 0. The second kappa shape index (κ2) is 5.94. The minimum Gasteiger partial charge on any atom is -0.370 e. The molecule has 1 aliphatic rings. The maximum absolute atomic E-state index is 11.8. The highest BCUT2D eigenvalue weighted by molar-refractivity contribution is 8.04. The molecule has 0 fully saturated rings. The quantitative estimate of drug-likeness (QED) is 0.581. The lowest BCUT2D eigenvalue weighted by molar-refractivity contribution is -0.118. The number of allylic oxidation sites excluding steroid dienone is 1. The van der Waals surface area contributed by atoms with E-state index in [1.807, 2.05) is 6.08 Å². The second-order valence-electron chi connectivity index (χ2n) is 4.32. The van der Waals surface area contributed by atoms with Gasteiger partial charge < -0.3 is 11.5 Å². The number of rotatable bonds is 3. The third-order valence-corrected chi connectivity index (χ3v) is 3.50. The van der Waals surface area contributed by atoms with E-state index in [2.05, 4.69) is 18.8 Å². The molecule has 0 spiro atoms. The molecule has 1 unspecified atom stereocenters. The Morgan fingerprint density at radius 2 is 2.31 bits per heavy atom. The van der Waals surface area contributed by atoms with Gasteiger partial charge in [-0.1, -0.05) is 31.7 Å². The van der Waals surface area contributed by atoms with Gasteiger partial charge in [0.15, 0.2) is 5.96 Å². The Balaban J connectivity index is 2.74. The number of aliphatic imine (C=N–C) groups is 1. The summed E-state index contributed by atoms with van der Waals surface area (Å²) in [7, 11) is 0. The molecule has 1 aliphatic heterocycles. The van der Waals surface area contributed by atoms with Gasteiger partial charge in [0.25, 0.3) is 0 Å².